The van der Waals surface area contributed by atoms with E-state index in [9.17, 15) is 9.18 Å². The van der Waals surface area contributed by atoms with Crippen molar-refractivity contribution in [2.24, 2.45) is 0 Å². The molecule has 1 amide bonds. The molecular weight excluding hydrogens is 371 g/mol. The number of aryl methyl sites for hydroxylation is 1. The Morgan fingerprint density at radius 3 is 2.62 bits per heavy atom. The summed E-state index contributed by atoms with van der Waals surface area (Å²) in [6, 6.07) is 15.4. The van der Waals surface area contributed by atoms with Gasteiger partial charge in [0.05, 0.1) is 7.11 Å². The zero-order chi connectivity index (χ0) is 20.6. The van der Waals surface area contributed by atoms with E-state index in [1.54, 1.807) is 25.3 Å². The van der Waals surface area contributed by atoms with E-state index in [0.717, 1.165) is 23.3 Å². The van der Waals surface area contributed by atoms with Crippen LogP contribution < -0.4 is 15.4 Å². The minimum absolute atomic E-state index is 0.277. The Bertz CT molecular complexity index is 977. The Labute approximate surface area is 169 Å². The van der Waals surface area contributed by atoms with Crippen LogP contribution in [0.5, 0.6) is 5.75 Å². The van der Waals surface area contributed by atoms with Crippen LogP contribution in [0.3, 0.4) is 0 Å². The van der Waals surface area contributed by atoms with Crippen molar-refractivity contribution in [3.8, 4) is 5.75 Å². The van der Waals surface area contributed by atoms with Crippen molar-refractivity contribution >= 4 is 11.9 Å². The van der Waals surface area contributed by atoms with Crippen molar-refractivity contribution in [3.63, 3.8) is 0 Å². The van der Waals surface area contributed by atoms with Crippen LogP contribution in [-0.4, -0.2) is 29.5 Å². The molecule has 0 atom stereocenters. The van der Waals surface area contributed by atoms with Crippen molar-refractivity contribution in [1.82, 2.24) is 15.3 Å². The molecule has 6 nitrogen and oxygen atoms in total. The van der Waals surface area contributed by atoms with Crippen molar-refractivity contribution < 1.29 is 13.9 Å². The normalized spacial score (nSPS) is 10.4. The summed E-state index contributed by atoms with van der Waals surface area (Å²) in [5.74, 6) is 0.607. The number of anilines is 1. The number of halogens is 1. The molecule has 0 fully saturated rings. The molecule has 0 saturated carbocycles. The van der Waals surface area contributed by atoms with Gasteiger partial charge in [0.2, 0.25) is 5.95 Å². The van der Waals surface area contributed by atoms with Crippen LogP contribution in [-0.2, 0) is 13.0 Å². The molecule has 2 aromatic carbocycles. The zero-order valence-corrected chi connectivity index (χ0v) is 16.4. The first kappa shape index (κ1) is 20.3. The van der Waals surface area contributed by atoms with Gasteiger partial charge in [-0.3, -0.25) is 4.79 Å². The fraction of sp³-hybridized carbons (Fsp3) is 0.227. The van der Waals surface area contributed by atoms with Gasteiger partial charge in [-0.15, -0.1) is 0 Å². The monoisotopic (exact) mass is 394 g/mol. The van der Waals surface area contributed by atoms with E-state index in [0.29, 0.717) is 24.7 Å². The quantitative estimate of drug-likeness (QED) is 0.611. The van der Waals surface area contributed by atoms with Gasteiger partial charge in [-0.1, -0.05) is 30.3 Å². The summed E-state index contributed by atoms with van der Waals surface area (Å²) < 4.78 is 18.3. The molecule has 0 bridgehead atoms. The number of hydrogen-bond acceptors (Lipinski definition) is 5. The van der Waals surface area contributed by atoms with E-state index in [4.69, 9.17) is 4.74 Å². The molecule has 3 aromatic rings. The molecule has 29 heavy (non-hydrogen) atoms. The van der Waals surface area contributed by atoms with E-state index in [1.807, 2.05) is 31.2 Å². The van der Waals surface area contributed by atoms with Gasteiger partial charge < -0.3 is 15.4 Å². The maximum absolute atomic E-state index is 13.0. The smallest absolute Gasteiger partial charge is 0.270 e. The summed E-state index contributed by atoms with van der Waals surface area (Å²) in [6.45, 7) is 2.70. The SMILES string of the molecule is COc1ccccc1CCNc1nc(C)cc(C(=O)NCc2ccc(F)cc2)n1. The molecule has 0 aliphatic carbocycles. The van der Waals surface area contributed by atoms with Crippen LogP contribution in [0.15, 0.2) is 54.6 Å². The van der Waals surface area contributed by atoms with Gasteiger partial charge in [0, 0.05) is 18.8 Å². The number of methoxy groups -OCH3 is 1. The summed E-state index contributed by atoms with van der Waals surface area (Å²) in [5.41, 5.74) is 2.85. The number of benzene rings is 2. The average molecular weight is 394 g/mol. The standard InChI is InChI=1S/C22H23FN4O2/c1-15-13-19(21(28)25-14-16-7-9-18(23)10-8-16)27-22(26-15)24-12-11-17-5-3-4-6-20(17)29-2/h3-10,13H,11-12,14H2,1-2H3,(H,25,28)(H,24,26,27). The van der Waals surface area contributed by atoms with Crippen molar-refractivity contribution in [2.45, 2.75) is 19.9 Å². The van der Waals surface area contributed by atoms with Crippen LogP contribution in [0, 0.1) is 12.7 Å². The summed E-state index contributed by atoms with van der Waals surface area (Å²) in [7, 11) is 1.65. The van der Waals surface area contributed by atoms with E-state index in [2.05, 4.69) is 20.6 Å². The molecule has 1 aromatic heterocycles. The molecular formula is C22H23FN4O2. The summed E-state index contributed by atoms with van der Waals surface area (Å²) in [6.07, 6.45) is 0.730. The molecule has 0 aliphatic heterocycles. The zero-order valence-electron chi connectivity index (χ0n) is 16.4. The number of amides is 1. The second-order valence-electron chi connectivity index (χ2n) is 6.52. The van der Waals surface area contributed by atoms with E-state index < -0.39 is 0 Å². The maximum atomic E-state index is 13.0. The lowest BCUT2D eigenvalue weighted by molar-refractivity contribution is 0.0945. The molecule has 0 spiro atoms. The average Bonchev–Trinajstić information content (AvgIpc) is 2.73. The third-order valence-electron chi connectivity index (χ3n) is 4.32. The molecule has 0 saturated heterocycles. The lowest BCUT2D eigenvalue weighted by Crippen LogP contribution is -2.24. The number of nitrogens with one attached hydrogen (secondary N) is 2. The summed E-state index contributed by atoms with van der Waals surface area (Å²) in [4.78, 5) is 21.1. The highest BCUT2D eigenvalue weighted by Gasteiger charge is 2.11. The minimum Gasteiger partial charge on any atom is -0.496 e. The number of para-hydroxylation sites is 1. The van der Waals surface area contributed by atoms with Crippen molar-refractivity contribution in [2.75, 3.05) is 19.0 Å². The van der Waals surface area contributed by atoms with E-state index in [-0.39, 0.29) is 17.4 Å². The number of ether oxygens (including phenoxy) is 1. The third-order valence-corrected chi connectivity index (χ3v) is 4.32. The second-order valence-corrected chi connectivity index (χ2v) is 6.52. The Morgan fingerprint density at radius 2 is 1.86 bits per heavy atom. The van der Waals surface area contributed by atoms with Crippen LogP contribution in [0.2, 0.25) is 0 Å². The van der Waals surface area contributed by atoms with Gasteiger partial charge in [-0.05, 0) is 48.7 Å². The number of aromatic nitrogens is 2. The van der Waals surface area contributed by atoms with Crippen LogP contribution >= 0.6 is 0 Å². The molecule has 150 valence electrons. The highest BCUT2D eigenvalue weighted by molar-refractivity contribution is 5.92. The van der Waals surface area contributed by atoms with E-state index >= 15 is 0 Å². The number of hydrogen-bond donors (Lipinski definition) is 2. The van der Waals surface area contributed by atoms with Crippen LogP contribution in [0.4, 0.5) is 10.3 Å². The second kappa shape index (κ2) is 9.64. The summed E-state index contributed by atoms with van der Waals surface area (Å²) in [5, 5.41) is 5.95. The lowest BCUT2D eigenvalue weighted by atomic mass is 10.1. The molecule has 1 heterocycles. The number of rotatable bonds is 8. The predicted molar refractivity (Wildman–Crippen MR) is 110 cm³/mol. The third kappa shape index (κ3) is 5.75. The predicted octanol–water partition coefficient (Wildman–Crippen LogP) is 3.52. The fourth-order valence-corrected chi connectivity index (χ4v) is 2.86. The Morgan fingerprint density at radius 1 is 1.10 bits per heavy atom. The van der Waals surface area contributed by atoms with Crippen molar-refractivity contribution in [3.05, 3.63) is 82.9 Å². The Balaban J connectivity index is 1.59. The summed E-state index contributed by atoms with van der Waals surface area (Å²) >= 11 is 0. The number of carbonyl (C=O) groups excluding carboxylic acids is 1. The maximum Gasteiger partial charge on any atom is 0.270 e. The first-order valence-electron chi connectivity index (χ1n) is 9.29. The van der Waals surface area contributed by atoms with Gasteiger partial charge in [-0.2, -0.15) is 0 Å². The van der Waals surface area contributed by atoms with Crippen LogP contribution in [0.1, 0.15) is 27.3 Å². The Hall–Kier alpha value is -3.48. The fourth-order valence-electron chi connectivity index (χ4n) is 2.86. The molecule has 0 radical (unpaired) electrons. The molecule has 3 rings (SSSR count). The minimum atomic E-state index is -0.312. The Kier molecular flexibility index (Phi) is 6.73. The molecule has 0 aliphatic rings. The number of carbonyl (C=O) groups is 1. The van der Waals surface area contributed by atoms with Crippen LogP contribution in [0.25, 0.3) is 0 Å². The topological polar surface area (TPSA) is 76.1 Å². The highest BCUT2D eigenvalue weighted by atomic mass is 19.1. The highest BCUT2D eigenvalue weighted by Crippen LogP contribution is 2.17. The van der Waals surface area contributed by atoms with Gasteiger partial charge >= 0.3 is 0 Å². The molecule has 0 unspecified atom stereocenters. The van der Waals surface area contributed by atoms with Gasteiger partial charge in [-0.25, -0.2) is 14.4 Å². The largest absolute Gasteiger partial charge is 0.496 e. The first-order valence-corrected chi connectivity index (χ1v) is 9.29. The molecule has 7 heteroatoms. The van der Waals surface area contributed by atoms with Crippen molar-refractivity contribution in [1.29, 1.82) is 0 Å². The van der Waals surface area contributed by atoms with Gasteiger partial charge in [0.15, 0.2) is 0 Å². The molecule has 2 N–H and O–H groups in total. The number of nitrogens with zero attached hydrogens (tertiary/aromatic N) is 2. The first-order chi connectivity index (χ1) is 14.0. The lowest BCUT2D eigenvalue weighted by Gasteiger charge is -2.10. The van der Waals surface area contributed by atoms with E-state index in [1.165, 1.54) is 12.1 Å². The van der Waals surface area contributed by atoms with Gasteiger partial charge in [0.1, 0.15) is 17.3 Å². The van der Waals surface area contributed by atoms with Gasteiger partial charge in [0.25, 0.3) is 5.91 Å².